The summed E-state index contributed by atoms with van der Waals surface area (Å²) in [6.45, 7) is 8.77. The molecule has 204 valence electrons. The molecule has 1 atom stereocenters. The van der Waals surface area contributed by atoms with E-state index in [1.807, 2.05) is 6.07 Å². The number of carbonyl (C=O) groups is 1. The lowest BCUT2D eigenvalue weighted by Crippen LogP contribution is -2.41. The molecule has 0 spiro atoms. The van der Waals surface area contributed by atoms with Crippen LogP contribution in [0.25, 0.3) is 22.2 Å². The third-order valence-corrected chi connectivity index (χ3v) is 9.32. The second-order valence-corrected chi connectivity index (χ2v) is 11.5. The van der Waals surface area contributed by atoms with Crippen molar-refractivity contribution >= 4 is 22.6 Å². The summed E-state index contributed by atoms with van der Waals surface area (Å²) in [7, 11) is 0. The summed E-state index contributed by atoms with van der Waals surface area (Å²) >= 11 is 0. The fraction of sp³-hybridized carbons (Fsp3) is 0.545. The number of hydrogen-bond acceptors (Lipinski definition) is 3. The second-order valence-electron chi connectivity index (χ2n) is 11.5. The molecule has 1 aliphatic carbocycles. The van der Waals surface area contributed by atoms with E-state index in [0.29, 0.717) is 11.5 Å². The minimum atomic E-state index is -0.848. The zero-order chi connectivity index (χ0) is 25.4. The van der Waals surface area contributed by atoms with Crippen LogP contribution in [0, 0.1) is 5.92 Å². The molecule has 0 radical (unpaired) electrons. The quantitative estimate of drug-likeness (QED) is 0.367. The van der Waals surface area contributed by atoms with Gasteiger partial charge >= 0.3 is 5.97 Å². The van der Waals surface area contributed by atoms with Crippen LogP contribution in [-0.2, 0) is 6.54 Å². The molecular weight excluding hydrogens is 470 g/mol. The number of carboxylic acid groups (broad SMARTS) is 1. The van der Waals surface area contributed by atoms with Crippen molar-refractivity contribution < 1.29 is 9.90 Å². The van der Waals surface area contributed by atoms with Crippen LogP contribution in [0.3, 0.4) is 0 Å². The van der Waals surface area contributed by atoms with E-state index in [0.717, 1.165) is 37.6 Å². The van der Waals surface area contributed by atoms with Crippen molar-refractivity contribution in [3.8, 4) is 11.3 Å². The number of likely N-dealkylation sites (tertiary alicyclic amines) is 1. The van der Waals surface area contributed by atoms with Gasteiger partial charge in [0, 0.05) is 54.9 Å². The first kappa shape index (κ1) is 26.8. The Morgan fingerprint density at radius 1 is 0.947 bits per heavy atom. The summed E-state index contributed by atoms with van der Waals surface area (Å²) in [5.74, 6) is 0.542. The fourth-order valence-corrected chi connectivity index (χ4v) is 7.31. The Morgan fingerprint density at radius 2 is 1.76 bits per heavy atom. The van der Waals surface area contributed by atoms with E-state index in [-0.39, 0.29) is 7.43 Å². The van der Waals surface area contributed by atoms with Crippen LogP contribution >= 0.6 is 0 Å². The highest BCUT2D eigenvalue weighted by Gasteiger charge is 2.31. The third-order valence-electron chi connectivity index (χ3n) is 9.32. The van der Waals surface area contributed by atoms with E-state index in [9.17, 15) is 9.90 Å². The Kier molecular flexibility index (Phi) is 8.13. The average molecular weight is 516 g/mol. The Balaban J connectivity index is 0.00000294. The van der Waals surface area contributed by atoms with E-state index >= 15 is 0 Å². The topological polar surface area (TPSA) is 48.7 Å². The third kappa shape index (κ3) is 4.98. The first-order valence-corrected chi connectivity index (χ1v) is 14.6. The summed E-state index contributed by atoms with van der Waals surface area (Å²) < 4.78 is 2.46. The van der Waals surface area contributed by atoms with Crippen molar-refractivity contribution in [2.75, 3.05) is 37.6 Å². The molecule has 3 aliphatic rings. The van der Waals surface area contributed by atoms with Crippen LogP contribution in [-0.4, -0.2) is 53.3 Å². The van der Waals surface area contributed by atoms with Crippen LogP contribution in [0.15, 0.2) is 42.5 Å². The summed E-state index contributed by atoms with van der Waals surface area (Å²) in [4.78, 5) is 17.2. The maximum Gasteiger partial charge on any atom is 0.335 e. The first-order valence-electron chi connectivity index (χ1n) is 14.6. The summed E-state index contributed by atoms with van der Waals surface area (Å²) in [6.07, 6.45) is 10.3. The van der Waals surface area contributed by atoms with Crippen LogP contribution < -0.4 is 4.90 Å². The number of aromatic carboxylic acids is 1. The van der Waals surface area contributed by atoms with E-state index in [4.69, 9.17) is 0 Å². The summed E-state index contributed by atoms with van der Waals surface area (Å²) in [5, 5.41) is 11.0. The number of hydrogen-bond donors (Lipinski definition) is 1. The number of fused-ring (bicyclic) bond motifs is 5. The molecule has 2 aliphatic heterocycles. The van der Waals surface area contributed by atoms with Crippen molar-refractivity contribution in [3.05, 3.63) is 53.6 Å². The molecule has 1 aromatic heterocycles. The van der Waals surface area contributed by atoms with E-state index in [1.54, 1.807) is 6.07 Å². The molecule has 5 heteroatoms. The molecule has 5 nitrogen and oxygen atoms in total. The van der Waals surface area contributed by atoms with Gasteiger partial charge in [-0.2, -0.15) is 0 Å². The molecule has 3 heterocycles. The molecule has 1 unspecified atom stereocenters. The van der Waals surface area contributed by atoms with Crippen LogP contribution in [0.5, 0.6) is 0 Å². The number of piperidine rings is 1. The van der Waals surface area contributed by atoms with Gasteiger partial charge in [-0.05, 0) is 67.8 Å². The number of rotatable bonds is 6. The molecular formula is C33H45N3O2. The van der Waals surface area contributed by atoms with E-state index in [2.05, 4.69) is 51.6 Å². The number of carboxylic acids is 1. The summed E-state index contributed by atoms with van der Waals surface area (Å²) in [5.41, 5.74) is 6.93. The van der Waals surface area contributed by atoms with Crippen LogP contribution in [0.1, 0.15) is 87.6 Å². The highest BCUT2D eigenvalue weighted by molar-refractivity contribution is 5.99. The van der Waals surface area contributed by atoms with Crippen molar-refractivity contribution in [3.63, 3.8) is 0 Å². The van der Waals surface area contributed by atoms with Gasteiger partial charge in [0.1, 0.15) is 0 Å². The number of para-hydroxylation sites is 1. The van der Waals surface area contributed by atoms with Gasteiger partial charge in [-0.3, -0.25) is 0 Å². The van der Waals surface area contributed by atoms with Gasteiger partial charge < -0.3 is 19.5 Å². The van der Waals surface area contributed by atoms with Crippen LogP contribution in [0.4, 0.5) is 5.69 Å². The molecule has 0 bridgehead atoms. The lowest BCUT2D eigenvalue weighted by Gasteiger charge is -2.34. The number of anilines is 1. The zero-order valence-corrected chi connectivity index (χ0v) is 22.3. The smallest absolute Gasteiger partial charge is 0.335 e. The normalized spacial score (nSPS) is 20.4. The second kappa shape index (κ2) is 11.5. The molecule has 1 N–H and O–H groups in total. The van der Waals surface area contributed by atoms with Crippen molar-refractivity contribution in [2.24, 2.45) is 5.92 Å². The lowest BCUT2D eigenvalue weighted by atomic mass is 9.81. The Morgan fingerprint density at radius 3 is 2.55 bits per heavy atom. The minimum absolute atomic E-state index is 0. The highest BCUT2D eigenvalue weighted by Crippen LogP contribution is 2.47. The summed E-state index contributed by atoms with van der Waals surface area (Å²) in [6, 6.07) is 14.8. The maximum absolute atomic E-state index is 11.9. The SMILES string of the molecule is C.CCC1CCCN(CCN2CCn3c(c(C4CCCCC4)c4ccc(C(=O)O)cc43)-c3ccccc32)C1. The maximum atomic E-state index is 11.9. The molecule has 1 saturated heterocycles. The number of benzene rings is 2. The Bertz CT molecular complexity index is 1270. The predicted molar refractivity (Wildman–Crippen MR) is 159 cm³/mol. The van der Waals surface area contributed by atoms with Gasteiger partial charge in [0.05, 0.1) is 11.3 Å². The van der Waals surface area contributed by atoms with Gasteiger partial charge in [-0.25, -0.2) is 4.79 Å². The lowest BCUT2D eigenvalue weighted by molar-refractivity contribution is 0.0697. The average Bonchev–Trinajstić information content (AvgIpc) is 3.17. The fourth-order valence-electron chi connectivity index (χ4n) is 7.31. The molecule has 3 aromatic rings. The first-order chi connectivity index (χ1) is 18.1. The van der Waals surface area contributed by atoms with Gasteiger partial charge in [0.2, 0.25) is 0 Å². The zero-order valence-electron chi connectivity index (χ0n) is 22.3. The van der Waals surface area contributed by atoms with E-state index in [1.165, 1.54) is 92.4 Å². The Labute approximate surface area is 228 Å². The van der Waals surface area contributed by atoms with Gasteiger partial charge in [0.25, 0.3) is 0 Å². The number of aromatic nitrogens is 1. The van der Waals surface area contributed by atoms with Crippen molar-refractivity contribution in [2.45, 2.75) is 78.2 Å². The minimum Gasteiger partial charge on any atom is -0.478 e. The van der Waals surface area contributed by atoms with E-state index < -0.39 is 5.97 Å². The van der Waals surface area contributed by atoms with Crippen molar-refractivity contribution in [1.82, 2.24) is 9.47 Å². The molecule has 1 saturated carbocycles. The standard InChI is InChI=1S/C32H41N3O2.CH4/c1-2-23-9-8-16-33(22-23)17-18-34-19-20-35-29-21-25(32(36)37)14-15-26(29)30(24-10-4-3-5-11-24)31(35)27-12-6-7-13-28(27)34;/h6-7,12-15,21,23-24H,2-5,8-11,16-20,22H2,1H3,(H,36,37);1H4. The van der Waals surface area contributed by atoms with Crippen LogP contribution in [0.2, 0.25) is 0 Å². The van der Waals surface area contributed by atoms with Crippen molar-refractivity contribution in [1.29, 1.82) is 0 Å². The largest absolute Gasteiger partial charge is 0.478 e. The van der Waals surface area contributed by atoms with Gasteiger partial charge in [-0.15, -0.1) is 0 Å². The highest BCUT2D eigenvalue weighted by atomic mass is 16.4. The van der Waals surface area contributed by atoms with Gasteiger partial charge in [0.15, 0.2) is 0 Å². The molecule has 0 amide bonds. The van der Waals surface area contributed by atoms with Gasteiger partial charge in [-0.1, -0.05) is 64.3 Å². The molecule has 38 heavy (non-hydrogen) atoms. The Hall–Kier alpha value is -2.79. The molecule has 2 aromatic carbocycles. The predicted octanol–water partition coefficient (Wildman–Crippen LogP) is 7.63. The number of nitrogens with zero attached hydrogens (tertiary/aromatic N) is 3. The molecule has 2 fully saturated rings. The molecule has 6 rings (SSSR count). The monoisotopic (exact) mass is 515 g/mol.